The molecule has 0 bridgehead atoms. The van der Waals surface area contributed by atoms with Gasteiger partial charge < -0.3 is 10.7 Å². The third kappa shape index (κ3) is 0.831. The number of fused-ring (bicyclic) bond motifs is 1. The number of anilines is 1. The maximum absolute atomic E-state index is 12.4. The minimum absolute atomic E-state index is 0.0123. The Bertz CT molecular complexity index is 486. The predicted octanol–water partition coefficient (Wildman–Crippen LogP) is -0.633. The van der Waals surface area contributed by atoms with E-state index in [4.69, 9.17) is 5.73 Å². The first-order valence-electron chi connectivity index (χ1n) is 3.08. The molecular weight excluding hydrogens is 164 g/mol. The van der Waals surface area contributed by atoms with Crippen molar-refractivity contribution in [2.45, 2.75) is 0 Å². The maximum atomic E-state index is 12.4. The molecule has 2 aromatic rings. The molecular formula is C5H4FN5O. The zero-order valence-corrected chi connectivity index (χ0v) is 5.76. The van der Waals surface area contributed by atoms with Crippen molar-refractivity contribution in [2.24, 2.45) is 0 Å². The standard InChI is InChI=1S/C5H4FN5O/c6-4-8-1-2(9-4)10-5(7)11-3(1)12/h(H4,7,8,9,10,11,12)/i6-1. The van der Waals surface area contributed by atoms with Crippen molar-refractivity contribution >= 4 is 17.1 Å². The van der Waals surface area contributed by atoms with Gasteiger partial charge in [-0.05, 0) is 0 Å². The second-order valence-corrected chi connectivity index (χ2v) is 2.18. The molecule has 12 heavy (non-hydrogen) atoms. The fourth-order valence-corrected chi connectivity index (χ4v) is 0.896. The third-order valence-corrected chi connectivity index (χ3v) is 1.35. The third-order valence-electron chi connectivity index (χ3n) is 1.35. The number of aromatic nitrogens is 4. The lowest BCUT2D eigenvalue weighted by Gasteiger charge is -1.88. The van der Waals surface area contributed by atoms with E-state index >= 15 is 0 Å². The number of H-pyrrole nitrogens is 2. The van der Waals surface area contributed by atoms with E-state index in [1.54, 1.807) is 0 Å². The molecule has 6 nitrogen and oxygen atoms in total. The van der Waals surface area contributed by atoms with Gasteiger partial charge in [-0.15, -0.1) is 0 Å². The van der Waals surface area contributed by atoms with Crippen molar-refractivity contribution in [1.29, 1.82) is 0 Å². The Morgan fingerprint density at radius 2 is 2.08 bits per heavy atom. The summed E-state index contributed by atoms with van der Waals surface area (Å²) in [5.41, 5.74) is 4.63. The van der Waals surface area contributed by atoms with Crippen LogP contribution in [0.25, 0.3) is 11.2 Å². The highest BCUT2D eigenvalue weighted by Crippen LogP contribution is 2.02. The number of nitrogens with two attached hydrogens (primary N) is 1. The van der Waals surface area contributed by atoms with Crippen LogP contribution in [0.15, 0.2) is 4.79 Å². The molecule has 0 spiro atoms. The van der Waals surface area contributed by atoms with Crippen LogP contribution in [0.1, 0.15) is 0 Å². The molecule has 0 aliphatic carbocycles. The zero-order valence-electron chi connectivity index (χ0n) is 5.76. The number of hydrogen-bond acceptors (Lipinski definition) is 4. The minimum Gasteiger partial charge on any atom is -0.369 e. The summed E-state index contributed by atoms with van der Waals surface area (Å²) in [6.07, 6.45) is -0.853. The first-order valence-corrected chi connectivity index (χ1v) is 3.08. The van der Waals surface area contributed by atoms with Gasteiger partial charge in [-0.25, -0.2) is 0 Å². The minimum atomic E-state index is -0.853. The molecule has 0 fully saturated rings. The largest absolute Gasteiger partial charge is 0.369 e. The van der Waals surface area contributed by atoms with Crippen LogP contribution in [0.3, 0.4) is 0 Å². The number of hydrogen-bond donors (Lipinski definition) is 3. The topological polar surface area (TPSA) is 100 Å². The number of nitrogen functional groups attached to an aromatic ring is 1. The van der Waals surface area contributed by atoms with Crippen LogP contribution in [0, 0.1) is 6.08 Å². The van der Waals surface area contributed by atoms with E-state index in [9.17, 15) is 9.18 Å². The van der Waals surface area contributed by atoms with Crippen molar-refractivity contribution in [2.75, 3.05) is 5.73 Å². The summed E-state index contributed by atoms with van der Waals surface area (Å²) < 4.78 is 12.4. The van der Waals surface area contributed by atoms with Crippen LogP contribution in [-0.2, 0) is 0 Å². The van der Waals surface area contributed by atoms with Crippen molar-refractivity contribution < 1.29 is 4.39 Å². The monoisotopic (exact) mass is 168 g/mol. The van der Waals surface area contributed by atoms with E-state index in [1.807, 2.05) is 0 Å². The lowest BCUT2D eigenvalue weighted by Crippen LogP contribution is -2.10. The summed E-state index contributed by atoms with van der Waals surface area (Å²) in [6, 6.07) is 0. The Labute approximate surface area is 64.6 Å². The Morgan fingerprint density at radius 1 is 1.33 bits per heavy atom. The van der Waals surface area contributed by atoms with E-state index in [0.717, 1.165) is 0 Å². The molecule has 0 saturated carbocycles. The molecule has 62 valence electrons. The fourth-order valence-electron chi connectivity index (χ4n) is 0.896. The van der Waals surface area contributed by atoms with E-state index < -0.39 is 11.6 Å². The molecule has 4 N–H and O–H groups in total. The molecule has 0 saturated heterocycles. The first-order chi connectivity index (χ1) is 5.66. The van der Waals surface area contributed by atoms with Crippen LogP contribution >= 0.6 is 0 Å². The molecule has 0 aromatic carbocycles. The lowest BCUT2D eigenvalue weighted by atomic mass is 10.5. The summed E-state index contributed by atoms with van der Waals surface area (Å²) in [7, 11) is 0. The molecule has 2 heterocycles. The van der Waals surface area contributed by atoms with E-state index in [2.05, 4.69) is 19.9 Å². The lowest BCUT2D eigenvalue weighted by molar-refractivity contribution is 0.556. The summed E-state index contributed by atoms with van der Waals surface area (Å²) in [5, 5.41) is 0. The molecule has 7 heteroatoms. The smallest absolute Gasteiger partial charge is 0.289 e. The summed E-state index contributed by atoms with van der Waals surface area (Å²) in [5.74, 6) is -0.0843. The van der Waals surface area contributed by atoms with Gasteiger partial charge in [0.25, 0.3) is 11.6 Å². The molecule has 2 aromatic heterocycles. The Kier molecular flexibility index (Phi) is 1.15. The van der Waals surface area contributed by atoms with Crippen LogP contribution in [-0.4, -0.2) is 19.9 Å². The normalized spacial score (nSPS) is 10.8. The molecule has 0 atom stereocenters. The highest BCUT2D eigenvalue weighted by molar-refractivity contribution is 5.69. The quantitative estimate of drug-likeness (QED) is 0.456. The second-order valence-electron chi connectivity index (χ2n) is 2.18. The van der Waals surface area contributed by atoms with Gasteiger partial charge in [-0.1, -0.05) is 0 Å². The predicted molar refractivity (Wildman–Crippen MR) is 38.9 cm³/mol. The van der Waals surface area contributed by atoms with Gasteiger partial charge in [0.05, 0.1) is 0 Å². The average molecular weight is 168 g/mol. The van der Waals surface area contributed by atoms with Crippen molar-refractivity contribution in [3.8, 4) is 0 Å². The van der Waals surface area contributed by atoms with Crippen LogP contribution in [0.4, 0.5) is 10.3 Å². The van der Waals surface area contributed by atoms with E-state index in [-0.39, 0.29) is 17.1 Å². The molecule has 0 aliphatic rings. The highest BCUT2D eigenvalue weighted by Gasteiger charge is 2.06. The van der Waals surface area contributed by atoms with Gasteiger partial charge in [0.2, 0.25) is 5.95 Å². The average Bonchev–Trinajstić information content (AvgIpc) is 2.29. The Balaban J connectivity index is 2.98. The van der Waals surface area contributed by atoms with Crippen LogP contribution in [0.2, 0.25) is 0 Å². The van der Waals surface area contributed by atoms with Gasteiger partial charge in [-0.2, -0.15) is 14.4 Å². The molecule has 0 unspecified atom stereocenters. The molecule has 0 aliphatic heterocycles. The van der Waals surface area contributed by atoms with Crippen molar-refractivity contribution in [1.82, 2.24) is 19.9 Å². The van der Waals surface area contributed by atoms with Crippen molar-refractivity contribution in [3.63, 3.8) is 0 Å². The van der Waals surface area contributed by atoms with Gasteiger partial charge >= 0.3 is 0 Å². The molecule has 0 radical (unpaired) electrons. The SMILES string of the molecule is Nc1nc2nc([18F])[nH]c2c(=O)[nH]1. The highest BCUT2D eigenvalue weighted by atomic mass is 18.2. The van der Waals surface area contributed by atoms with Gasteiger partial charge in [0.1, 0.15) is 0 Å². The number of rotatable bonds is 0. The number of nitrogens with one attached hydrogen (secondary N) is 2. The Morgan fingerprint density at radius 3 is 2.83 bits per heavy atom. The van der Waals surface area contributed by atoms with Gasteiger partial charge in [0, 0.05) is 0 Å². The fraction of sp³-hybridized carbons (Fsp3) is 0. The van der Waals surface area contributed by atoms with Crippen LogP contribution in [0.5, 0.6) is 0 Å². The second kappa shape index (κ2) is 2.03. The number of nitrogens with zero attached hydrogens (tertiary/aromatic N) is 2. The summed E-state index contributed by atoms with van der Waals surface area (Å²) in [4.78, 5) is 22.2. The number of halogens is 1. The maximum Gasteiger partial charge on any atom is 0.289 e. The van der Waals surface area contributed by atoms with Crippen molar-refractivity contribution in [3.05, 3.63) is 16.4 Å². The van der Waals surface area contributed by atoms with Gasteiger partial charge in [0.15, 0.2) is 11.2 Å². The Hall–Kier alpha value is -1.92. The summed E-state index contributed by atoms with van der Waals surface area (Å²) in [6.45, 7) is 0. The molecule has 0 amide bonds. The van der Waals surface area contributed by atoms with E-state index in [1.165, 1.54) is 0 Å². The first kappa shape index (κ1) is 6.77. The van der Waals surface area contributed by atoms with Crippen LogP contribution < -0.4 is 11.3 Å². The van der Waals surface area contributed by atoms with Gasteiger partial charge in [-0.3, -0.25) is 9.78 Å². The zero-order chi connectivity index (χ0) is 8.72. The summed E-state index contributed by atoms with van der Waals surface area (Å²) >= 11 is 0. The van der Waals surface area contributed by atoms with E-state index in [0.29, 0.717) is 0 Å². The number of aromatic amines is 2. The molecule has 2 rings (SSSR count). The number of imidazole rings is 1.